The number of para-hydroxylation sites is 1. The van der Waals surface area contributed by atoms with E-state index in [2.05, 4.69) is 10.6 Å². The Morgan fingerprint density at radius 2 is 1.92 bits per heavy atom. The maximum absolute atomic E-state index is 12.5. The number of benzene rings is 2. The van der Waals surface area contributed by atoms with Crippen LogP contribution >= 0.6 is 0 Å². The van der Waals surface area contributed by atoms with Gasteiger partial charge in [0.2, 0.25) is 0 Å². The molecule has 1 aliphatic rings. The van der Waals surface area contributed by atoms with Crippen LogP contribution in [0.15, 0.2) is 54.6 Å². The molecule has 1 atom stereocenters. The van der Waals surface area contributed by atoms with E-state index in [4.69, 9.17) is 0 Å². The highest BCUT2D eigenvalue weighted by molar-refractivity contribution is 6.04. The monoisotopic (exact) mass is 351 g/mol. The smallest absolute Gasteiger partial charge is 0.317 e. The van der Waals surface area contributed by atoms with Crippen LogP contribution in [0, 0.1) is 0 Å². The van der Waals surface area contributed by atoms with Gasteiger partial charge in [0.15, 0.2) is 0 Å². The van der Waals surface area contributed by atoms with E-state index in [1.807, 2.05) is 66.4 Å². The molecule has 3 amide bonds. The molecule has 0 bridgehead atoms. The molecule has 1 heterocycles. The zero-order valence-electron chi connectivity index (χ0n) is 15.1. The van der Waals surface area contributed by atoms with Gasteiger partial charge in [-0.2, -0.15) is 0 Å². The summed E-state index contributed by atoms with van der Waals surface area (Å²) < 4.78 is 0. The molecule has 0 spiro atoms. The first-order chi connectivity index (χ1) is 12.7. The van der Waals surface area contributed by atoms with Gasteiger partial charge in [-0.25, -0.2) is 4.79 Å². The molecular formula is C21H25N3O2. The Morgan fingerprint density at radius 3 is 2.69 bits per heavy atom. The Labute approximate surface area is 154 Å². The Kier molecular flexibility index (Phi) is 5.89. The third-order valence-electron chi connectivity index (χ3n) is 4.69. The maximum atomic E-state index is 12.5. The third-order valence-corrected chi connectivity index (χ3v) is 4.69. The minimum atomic E-state index is -0.116. The van der Waals surface area contributed by atoms with E-state index >= 15 is 0 Å². The van der Waals surface area contributed by atoms with Crippen LogP contribution in [0.3, 0.4) is 0 Å². The van der Waals surface area contributed by atoms with Crippen molar-refractivity contribution >= 4 is 17.6 Å². The standard InChI is InChI=1S/C21H25N3O2/c1-2-22-21(26)24-13-7-10-18(15-24)16-8-6-9-17(14-16)20(25)23-19-11-4-3-5-12-19/h3-6,8-9,11-12,14,18H,2,7,10,13,15H2,1H3,(H,22,26)(H,23,25)/t18-/m0/s1. The first-order valence-electron chi connectivity index (χ1n) is 9.16. The van der Waals surface area contributed by atoms with Crippen LogP contribution in [0.25, 0.3) is 0 Å². The minimum absolute atomic E-state index is 0.00447. The molecule has 136 valence electrons. The van der Waals surface area contributed by atoms with Crippen molar-refractivity contribution in [1.29, 1.82) is 0 Å². The fourth-order valence-electron chi connectivity index (χ4n) is 3.36. The Bertz CT molecular complexity index is 761. The predicted octanol–water partition coefficient (Wildman–Crippen LogP) is 3.85. The number of carbonyl (C=O) groups is 2. The highest BCUT2D eigenvalue weighted by Gasteiger charge is 2.24. The van der Waals surface area contributed by atoms with E-state index in [1.165, 1.54) is 0 Å². The average molecular weight is 351 g/mol. The van der Waals surface area contributed by atoms with Gasteiger partial charge in [0.05, 0.1) is 0 Å². The average Bonchev–Trinajstić information content (AvgIpc) is 2.69. The van der Waals surface area contributed by atoms with Gasteiger partial charge < -0.3 is 15.5 Å². The number of carbonyl (C=O) groups excluding carboxylic acids is 2. The van der Waals surface area contributed by atoms with Gasteiger partial charge in [0.1, 0.15) is 0 Å². The normalized spacial score (nSPS) is 16.8. The summed E-state index contributed by atoms with van der Waals surface area (Å²) in [5.41, 5.74) is 2.53. The summed E-state index contributed by atoms with van der Waals surface area (Å²) in [5, 5.41) is 5.79. The van der Waals surface area contributed by atoms with Crippen LogP contribution in [-0.2, 0) is 0 Å². The lowest BCUT2D eigenvalue weighted by Gasteiger charge is -2.33. The van der Waals surface area contributed by atoms with Crippen molar-refractivity contribution in [1.82, 2.24) is 10.2 Å². The highest BCUT2D eigenvalue weighted by atomic mass is 16.2. The number of urea groups is 1. The van der Waals surface area contributed by atoms with Crippen LogP contribution in [0.1, 0.15) is 41.6 Å². The summed E-state index contributed by atoms with van der Waals surface area (Å²) in [6, 6.07) is 17.2. The van der Waals surface area contributed by atoms with E-state index < -0.39 is 0 Å². The summed E-state index contributed by atoms with van der Waals surface area (Å²) in [7, 11) is 0. The molecule has 2 N–H and O–H groups in total. The molecule has 26 heavy (non-hydrogen) atoms. The van der Waals surface area contributed by atoms with Crippen molar-refractivity contribution < 1.29 is 9.59 Å². The van der Waals surface area contributed by atoms with Crippen LogP contribution in [0.2, 0.25) is 0 Å². The number of likely N-dealkylation sites (tertiary alicyclic amines) is 1. The number of nitrogens with one attached hydrogen (secondary N) is 2. The molecule has 0 radical (unpaired) electrons. The van der Waals surface area contributed by atoms with E-state index in [1.54, 1.807) is 0 Å². The number of hydrogen-bond acceptors (Lipinski definition) is 2. The number of rotatable bonds is 4. The molecular weight excluding hydrogens is 326 g/mol. The molecule has 1 fully saturated rings. The number of hydrogen-bond donors (Lipinski definition) is 2. The first kappa shape index (κ1) is 18.0. The van der Waals surface area contributed by atoms with E-state index in [0.717, 1.165) is 30.6 Å². The topological polar surface area (TPSA) is 61.4 Å². The molecule has 0 aromatic heterocycles. The van der Waals surface area contributed by atoms with Gasteiger partial charge in [-0.05, 0) is 49.6 Å². The van der Waals surface area contributed by atoms with Gasteiger partial charge in [0, 0.05) is 36.8 Å². The molecule has 5 nitrogen and oxygen atoms in total. The number of anilines is 1. The van der Waals surface area contributed by atoms with E-state index in [9.17, 15) is 9.59 Å². The molecule has 2 aromatic rings. The Balaban J connectivity index is 1.70. The minimum Gasteiger partial charge on any atom is -0.338 e. The number of amides is 3. The van der Waals surface area contributed by atoms with Gasteiger partial charge in [-0.3, -0.25) is 4.79 Å². The second-order valence-electron chi connectivity index (χ2n) is 6.57. The van der Waals surface area contributed by atoms with Crippen LogP contribution in [0.5, 0.6) is 0 Å². The fraction of sp³-hybridized carbons (Fsp3) is 0.333. The van der Waals surface area contributed by atoms with Crippen LogP contribution < -0.4 is 10.6 Å². The highest BCUT2D eigenvalue weighted by Crippen LogP contribution is 2.27. The fourth-order valence-corrected chi connectivity index (χ4v) is 3.36. The summed E-state index contributed by atoms with van der Waals surface area (Å²) in [5.74, 6) is 0.144. The van der Waals surface area contributed by atoms with Crippen molar-refractivity contribution in [2.24, 2.45) is 0 Å². The van der Waals surface area contributed by atoms with Crippen molar-refractivity contribution in [3.05, 3.63) is 65.7 Å². The molecule has 5 heteroatoms. The Hall–Kier alpha value is -2.82. The molecule has 3 rings (SSSR count). The van der Waals surface area contributed by atoms with Crippen molar-refractivity contribution in [2.75, 3.05) is 25.0 Å². The van der Waals surface area contributed by atoms with Gasteiger partial charge in [-0.1, -0.05) is 30.3 Å². The molecule has 1 aliphatic heterocycles. The molecule has 0 unspecified atom stereocenters. The zero-order chi connectivity index (χ0) is 18.4. The summed E-state index contributed by atoms with van der Waals surface area (Å²) in [4.78, 5) is 26.5. The number of piperidine rings is 1. The Morgan fingerprint density at radius 1 is 1.12 bits per heavy atom. The zero-order valence-corrected chi connectivity index (χ0v) is 15.1. The van der Waals surface area contributed by atoms with Crippen molar-refractivity contribution in [3.8, 4) is 0 Å². The molecule has 0 aliphatic carbocycles. The second-order valence-corrected chi connectivity index (χ2v) is 6.57. The summed E-state index contributed by atoms with van der Waals surface area (Å²) >= 11 is 0. The van der Waals surface area contributed by atoms with Crippen LogP contribution in [0.4, 0.5) is 10.5 Å². The largest absolute Gasteiger partial charge is 0.338 e. The van der Waals surface area contributed by atoms with Gasteiger partial charge in [-0.15, -0.1) is 0 Å². The second kappa shape index (κ2) is 8.52. The molecule has 2 aromatic carbocycles. The first-order valence-corrected chi connectivity index (χ1v) is 9.16. The van der Waals surface area contributed by atoms with Crippen LogP contribution in [-0.4, -0.2) is 36.5 Å². The van der Waals surface area contributed by atoms with Gasteiger partial charge >= 0.3 is 6.03 Å². The summed E-state index contributed by atoms with van der Waals surface area (Å²) in [6.07, 6.45) is 2.00. The molecule has 0 saturated carbocycles. The lowest BCUT2D eigenvalue weighted by atomic mass is 9.89. The molecule has 1 saturated heterocycles. The number of nitrogens with zero attached hydrogens (tertiary/aromatic N) is 1. The lowest BCUT2D eigenvalue weighted by Crippen LogP contribution is -2.44. The lowest BCUT2D eigenvalue weighted by molar-refractivity contribution is 0.102. The van der Waals surface area contributed by atoms with Gasteiger partial charge in [0.25, 0.3) is 5.91 Å². The van der Waals surface area contributed by atoms with E-state index in [0.29, 0.717) is 18.7 Å². The van der Waals surface area contributed by atoms with Crippen molar-refractivity contribution in [2.45, 2.75) is 25.7 Å². The predicted molar refractivity (Wildman–Crippen MR) is 103 cm³/mol. The maximum Gasteiger partial charge on any atom is 0.317 e. The van der Waals surface area contributed by atoms with Crippen molar-refractivity contribution in [3.63, 3.8) is 0 Å². The summed E-state index contributed by atoms with van der Waals surface area (Å²) in [6.45, 7) is 4.04. The SMILES string of the molecule is CCNC(=O)N1CCC[C@H](c2cccc(C(=O)Nc3ccccc3)c2)C1. The quantitative estimate of drug-likeness (QED) is 0.879. The third kappa shape index (κ3) is 4.42. The van der Waals surface area contributed by atoms with E-state index in [-0.39, 0.29) is 17.9 Å².